The van der Waals surface area contributed by atoms with Crippen molar-refractivity contribution < 1.29 is 57.7 Å². The summed E-state index contributed by atoms with van der Waals surface area (Å²) in [7, 11) is -5.17. The van der Waals surface area contributed by atoms with Crippen LogP contribution in [0.2, 0.25) is 0 Å². The zero-order chi connectivity index (χ0) is 10.6. The predicted octanol–water partition coefficient (Wildman–Crippen LogP) is -0.707. The Hall–Kier alpha value is -0.351. The Balaban J connectivity index is -0.000000150. The molecule has 0 heterocycles. The van der Waals surface area contributed by atoms with Gasteiger partial charge in [0.25, 0.3) is 0 Å². The van der Waals surface area contributed by atoms with Crippen LogP contribution in [0.25, 0.3) is 0 Å². The van der Waals surface area contributed by atoms with E-state index >= 15 is 0 Å². The number of rotatable bonds is 0. The molecule has 0 aromatic carbocycles. The normalized spacial score (nSPS) is 10.5. The molecule has 0 aliphatic rings. The third kappa shape index (κ3) is 34.0. The Kier molecular flexibility index (Phi) is 8.73. The number of alkyl halides is 3. The summed E-state index contributed by atoms with van der Waals surface area (Å²) in [6, 6.07) is 0. The topological polar surface area (TPSA) is 118 Å². The van der Waals surface area contributed by atoms with Gasteiger partial charge in [-0.3, -0.25) is 8.42 Å². The average Bonchev–Trinajstić information content (AvgIpc) is 1.55. The fraction of sp³-hybridized carbons (Fsp3) is 0.500. The van der Waals surface area contributed by atoms with Crippen LogP contribution in [0.15, 0.2) is 0 Å². The third-order valence-corrected chi connectivity index (χ3v) is 0.243. The van der Waals surface area contributed by atoms with E-state index in [0.29, 0.717) is 0 Å². The molecular weight excluding hydrogens is 273 g/mol. The van der Waals surface area contributed by atoms with E-state index in [2.05, 4.69) is 0 Å². The second kappa shape index (κ2) is 6.16. The third-order valence-electron chi connectivity index (χ3n) is 0.243. The molecule has 0 aliphatic heterocycles. The van der Waals surface area contributed by atoms with Gasteiger partial charge in [-0.2, -0.15) is 13.2 Å². The summed E-state index contributed by atoms with van der Waals surface area (Å²) in [5.41, 5.74) is 0. The van der Waals surface area contributed by atoms with E-state index in [9.17, 15) is 13.2 Å². The van der Waals surface area contributed by atoms with Crippen molar-refractivity contribution in [1.29, 1.82) is 0 Å². The molecule has 0 atom stereocenters. The van der Waals surface area contributed by atoms with Crippen LogP contribution < -0.4 is 0 Å². The monoisotopic (exact) mass is 273 g/mol. The molecule has 1 radical (unpaired) electrons. The Bertz CT molecular complexity index is 235. The minimum absolute atomic E-state index is 0. The van der Waals surface area contributed by atoms with E-state index in [1.807, 2.05) is 0 Å². The summed E-state index contributed by atoms with van der Waals surface area (Å²) >= 11 is 0. The molecule has 1 N–H and O–H groups in total. The molecule has 83 valence electrons. The number of hydrogen-bond donors (Lipinski definition) is 1. The minimum Gasteiger partial charge on any atom is -0.759 e. The number of hydrogen-bond acceptors (Lipinski definition) is 5. The quantitative estimate of drug-likeness (QED) is 0.354. The Morgan fingerprint density at radius 3 is 1.31 bits per heavy atom. The molecule has 0 saturated carbocycles. The first-order valence-electron chi connectivity index (χ1n) is 1.91. The van der Waals surface area contributed by atoms with E-state index in [-0.39, 0.29) is 17.1 Å². The average molecular weight is 274 g/mol. The molecule has 6 nitrogen and oxygen atoms in total. The van der Waals surface area contributed by atoms with Crippen molar-refractivity contribution in [3.8, 4) is 0 Å². The van der Waals surface area contributed by atoms with Crippen LogP contribution in [0.4, 0.5) is 13.2 Å². The van der Waals surface area contributed by atoms with E-state index in [1.165, 1.54) is 0 Å². The minimum atomic E-state index is -5.17. The fourth-order valence-electron chi connectivity index (χ4n) is 0. The summed E-state index contributed by atoms with van der Waals surface area (Å²) < 4.78 is 65.8. The molecule has 0 aromatic heterocycles. The number of aliphatic carboxylic acids is 1. The number of carboxylic acid groups (broad SMARTS) is 1. The van der Waals surface area contributed by atoms with Gasteiger partial charge in [0, 0.05) is 10.4 Å². The van der Waals surface area contributed by atoms with Gasteiger partial charge in [0.15, 0.2) is 0 Å². The Labute approximate surface area is 80.8 Å². The van der Waals surface area contributed by atoms with Crippen LogP contribution in [-0.4, -0.2) is 34.8 Å². The number of carbonyl (C=O) groups is 1. The number of carboxylic acids is 1. The van der Waals surface area contributed by atoms with Crippen molar-refractivity contribution >= 4 is 16.4 Å². The smallest absolute Gasteiger partial charge is 0.759 e. The molecule has 0 spiro atoms. The van der Waals surface area contributed by atoms with Gasteiger partial charge in [-0.05, 0) is 0 Å². The molecule has 0 fully saturated rings. The first kappa shape index (κ1) is 18.4. The molecule has 0 unspecified atom stereocenters. The molecular formula is C2HCuF3O6S. The number of halogens is 3. The van der Waals surface area contributed by atoms with Gasteiger partial charge < -0.3 is 14.2 Å². The molecule has 11 heteroatoms. The standard InChI is InChI=1S/C2HF3O2.Cu.H2O4S/c3-2(4,5)1(6)7;;1-5(2,3)4/h(H,6,7);;(H2,1,2,3,4)/q;+2;/p-2. The van der Waals surface area contributed by atoms with Crippen LogP contribution in [-0.2, 0) is 32.3 Å². The molecule has 0 bridgehead atoms. The molecule has 0 amide bonds. The van der Waals surface area contributed by atoms with E-state index in [1.54, 1.807) is 0 Å². The second-order valence-corrected chi connectivity index (χ2v) is 2.03. The van der Waals surface area contributed by atoms with Crippen molar-refractivity contribution in [2.24, 2.45) is 0 Å². The van der Waals surface area contributed by atoms with Crippen molar-refractivity contribution in [2.45, 2.75) is 6.18 Å². The Morgan fingerprint density at radius 1 is 1.23 bits per heavy atom. The summed E-state index contributed by atoms with van der Waals surface area (Å²) in [5, 5.41) is 7.12. The zero-order valence-electron chi connectivity index (χ0n) is 5.33. The maximum Gasteiger partial charge on any atom is 2.00 e. The van der Waals surface area contributed by atoms with Crippen LogP contribution in [0.1, 0.15) is 0 Å². The van der Waals surface area contributed by atoms with Crippen molar-refractivity contribution in [3.05, 3.63) is 0 Å². The van der Waals surface area contributed by atoms with Crippen LogP contribution in [0.3, 0.4) is 0 Å². The van der Waals surface area contributed by atoms with Gasteiger partial charge in [-0.25, -0.2) is 4.79 Å². The van der Waals surface area contributed by atoms with Gasteiger partial charge in [0.05, 0.1) is 0 Å². The molecule has 13 heavy (non-hydrogen) atoms. The molecule has 0 aromatic rings. The van der Waals surface area contributed by atoms with Crippen molar-refractivity contribution in [1.82, 2.24) is 0 Å². The second-order valence-electron chi connectivity index (χ2n) is 1.21. The van der Waals surface area contributed by atoms with E-state index < -0.39 is 22.5 Å². The predicted molar refractivity (Wildman–Crippen MR) is 24.2 cm³/mol. The fourth-order valence-corrected chi connectivity index (χ4v) is 0. The SMILES string of the molecule is O=C(O)C(F)(F)F.O=S(=O)([O-])[O-].[Cu+2]. The van der Waals surface area contributed by atoms with Gasteiger partial charge in [-0.15, -0.1) is 0 Å². The van der Waals surface area contributed by atoms with E-state index in [4.69, 9.17) is 27.4 Å². The summed E-state index contributed by atoms with van der Waals surface area (Å²) in [6.07, 6.45) is -5.08. The van der Waals surface area contributed by atoms with Gasteiger partial charge in [-0.1, -0.05) is 0 Å². The van der Waals surface area contributed by atoms with Gasteiger partial charge in [0.2, 0.25) is 0 Å². The van der Waals surface area contributed by atoms with Gasteiger partial charge in [0.1, 0.15) is 0 Å². The van der Waals surface area contributed by atoms with E-state index in [0.717, 1.165) is 0 Å². The first-order chi connectivity index (χ1) is 4.94. The van der Waals surface area contributed by atoms with Crippen LogP contribution >= 0.6 is 0 Å². The summed E-state index contributed by atoms with van der Waals surface area (Å²) in [5.74, 6) is -2.76. The summed E-state index contributed by atoms with van der Waals surface area (Å²) in [6.45, 7) is 0. The first-order valence-corrected chi connectivity index (χ1v) is 3.24. The van der Waals surface area contributed by atoms with Crippen LogP contribution in [0.5, 0.6) is 0 Å². The molecule has 0 aliphatic carbocycles. The zero-order valence-corrected chi connectivity index (χ0v) is 7.09. The van der Waals surface area contributed by atoms with Crippen LogP contribution in [0, 0.1) is 0 Å². The summed E-state index contributed by atoms with van der Waals surface area (Å²) in [4.78, 5) is 8.90. The van der Waals surface area contributed by atoms with Gasteiger partial charge >= 0.3 is 29.2 Å². The van der Waals surface area contributed by atoms with Crippen molar-refractivity contribution in [3.63, 3.8) is 0 Å². The Morgan fingerprint density at radius 2 is 1.31 bits per heavy atom. The van der Waals surface area contributed by atoms with Crippen molar-refractivity contribution in [2.75, 3.05) is 0 Å². The maximum atomic E-state index is 10.6. The maximum absolute atomic E-state index is 10.6. The largest absolute Gasteiger partial charge is 2.00 e. The molecule has 0 saturated heterocycles. The molecule has 0 rings (SSSR count).